The van der Waals surface area contributed by atoms with Crippen LogP contribution in [0.25, 0.3) is 11.3 Å². The summed E-state index contributed by atoms with van der Waals surface area (Å²) in [5, 5.41) is 11.4. The summed E-state index contributed by atoms with van der Waals surface area (Å²) in [6, 6.07) is 12.8. The lowest BCUT2D eigenvalue weighted by atomic mass is 10.1. The number of halogens is 2. The van der Waals surface area contributed by atoms with E-state index in [9.17, 15) is 18.1 Å². The number of sulfone groups is 1. The van der Waals surface area contributed by atoms with E-state index in [0.717, 1.165) is 10.7 Å². The van der Waals surface area contributed by atoms with Gasteiger partial charge in [0, 0.05) is 24.0 Å². The van der Waals surface area contributed by atoms with Gasteiger partial charge in [0.15, 0.2) is 15.0 Å². The molecule has 0 radical (unpaired) electrons. The largest absolute Gasteiger partial charge is 0.348 e. The number of rotatable bonds is 4. The number of hydrogen-bond acceptors (Lipinski definition) is 6. The van der Waals surface area contributed by atoms with Crippen molar-refractivity contribution in [3.8, 4) is 17.3 Å². The number of thiazole rings is 1. The van der Waals surface area contributed by atoms with Crippen LogP contribution < -0.4 is 4.90 Å². The van der Waals surface area contributed by atoms with Crippen molar-refractivity contribution in [1.82, 2.24) is 4.98 Å². The first kappa shape index (κ1) is 20.8. The molecular weight excluding hydrogens is 445 g/mol. The fourth-order valence-electron chi connectivity index (χ4n) is 3.54. The third-order valence-corrected chi connectivity index (χ3v) is 8.68. The van der Waals surface area contributed by atoms with Crippen molar-refractivity contribution in [2.45, 2.75) is 23.0 Å². The van der Waals surface area contributed by atoms with Gasteiger partial charge < -0.3 is 4.90 Å². The Morgan fingerprint density at radius 2 is 1.93 bits per heavy atom. The highest BCUT2D eigenvalue weighted by atomic mass is 35.5. The van der Waals surface area contributed by atoms with Gasteiger partial charge in [-0.2, -0.15) is 5.26 Å². The van der Waals surface area contributed by atoms with Crippen LogP contribution in [0.1, 0.15) is 18.4 Å². The molecule has 4 rings (SSSR count). The Morgan fingerprint density at radius 1 is 1.20 bits per heavy atom. The zero-order valence-corrected chi connectivity index (χ0v) is 18.1. The van der Waals surface area contributed by atoms with Crippen molar-refractivity contribution < 1.29 is 12.8 Å². The maximum Gasteiger partial charge on any atom is 0.185 e. The molecule has 2 aromatic carbocycles. The molecular formula is C21H17ClFN3O2S2. The number of anilines is 1. The first-order valence-corrected chi connectivity index (χ1v) is 12.1. The van der Waals surface area contributed by atoms with Crippen molar-refractivity contribution in [3.63, 3.8) is 0 Å². The van der Waals surface area contributed by atoms with Gasteiger partial charge in [-0.15, -0.1) is 11.3 Å². The lowest BCUT2D eigenvalue weighted by molar-refractivity contribution is 0.529. The molecule has 5 nitrogen and oxygen atoms in total. The van der Waals surface area contributed by atoms with Crippen molar-refractivity contribution >= 4 is 37.9 Å². The summed E-state index contributed by atoms with van der Waals surface area (Å²) in [4.78, 5) is 6.78. The van der Waals surface area contributed by atoms with Gasteiger partial charge in [0.25, 0.3) is 0 Å². The van der Waals surface area contributed by atoms with E-state index in [1.165, 1.54) is 29.5 Å². The molecule has 0 spiro atoms. The van der Waals surface area contributed by atoms with E-state index in [1.807, 2.05) is 11.4 Å². The van der Waals surface area contributed by atoms with E-state index < -0.39 is 20.9 Å². The molecule has 3 aromatic rings. The summed E-state index contributed by atoms with van der Waals surface area (Å²) < 4.78 is 39.5. The van der Waals surface area contributed by atoms with Crippen LogP contribution in [0.4, 0.5) is 9.52 Å². The van der Waals surface area contributed by atoms with Gasteiger partial charge in [0.2, 0.25) is 0 Å². The zero-order chi connectivity index (χ0) is 21.3. The Balaban J connectivity index is 1.48. The number of nitriles is 1. The van der Waals surface area contributed by atoms with Crippen LogP contribution in [-0.4, -0.2) is 31.7 Å². The third-order valence-electron chi connectivity index (χ3n) is 5.17. The van der Waals surface area contributed by atoms with Crippen molar-refractivity contribution in [2.75, 3.05) is 18.0 Å². The maximum atomic E-state index is 13.4. The first-order valence-electron chi connectivity index (χ1n) is 9.29. The van der Waals surface area contributed by atoms with Crippen LogP contribution in [0, 0.1) is 17.1 Å². The second-order valence-electron chi connectivity index (χ2n) is 6.98. The molecule has 1 aliphatic rings. The average molecular weight is 462 g/mol. The first-order chi connectivity index (χ1) is 14.4. The number of hydrogen-bond donors (Lipinski definition) is 0. The minimum absolute atomic E-state index is 0.0470. The van der Waals surface area contributed by atoms with Gasteiger partial charge in [0.1, 0.15) is 11.9 Å². The molecule has 0 bridgehead atoms. The molecule has 0 N–H and O–H groups in total. The molecule has 0 unspecified atom stereocenters. The molecule has 1 aliphatic heterocycles. The molecule has 30 heavy (non-hydrogen) atoms. The maximum absolute atomic E-state index is 13.4. The summed E-state index contributed by atoms with van der Waals surface area (Å²) in [5.41, 5.74) is 1.62. The molecule has 1 saturated heterocycles. The van der Waals surface area contributed by atoms with E-state index >= 15 is 0 Å². The van der Waals surface area contributed by atoms with E-state index in [-0.39, 0.29) is 15.5 Å². The number of aromatic nitrogens is 1. The summed E-state index contributed by atoms with van der Waals surface area (Å²) >= 11 is 7.32. The van der Waals surface area contributed by atoms with Gasteiger partial charge in [-0.25, -0.2) is 17.8 Å². The third kappa shape index (κ3) is 3.93. The monoisotopic (exact) mass is 461 g/mol. The highest BCUT2D eigenvalue weighted by molar-refractivity contribution is 7.92. The normalized spacial score (nSPS) is 15.2. The van der Waals surface area contributed by atoms with Gasteiger partial charge in [0.05, 0.1) is 26.4 Å². The van der Waals surface area contributed by atoms with E-state index in [0.29, 0.717) is 31.6 Å². The van der Waals surface area contributed by atoms with Crippen LogP contribution in [0.5, 0.6) is 0 Å². The fraction of sp³-hybridized carbons (Fsp3) is 0.238. The quantitative estimate of drug-likeness (QED) is 0.551. The van der Waals surface area contributed by atoms with E-state index in [2.05, 4.69) is 9.88 Å². The van der Waals surface area contributed by atoms with Gasteiger partial charge >= 0.3 is 0 Å². The number of piperidine rings is 1. The Bertz CT molecular complexity index is 1230. The number of nitrogens with zero attached hydrogens (tertiary/aromatic N) is 3. The Labute approximate surface area is 183 Å². The highest BCUT2D eigenvalue weighted by Crippen LogP contribution is 2.33. The van der Waals surface area contributed by atoms with Crippen molar-refractivity contribution in [1.29, 1.82) is 5.26 Å². The molecule has 0 aliphatic carbocycles. The van der Waals surface area contributed by atoms with Gasteiger partial charge in [-0.1, -0.05) is 23.7 Å². The standard InChI is InChI=1S/C21H17ClFN3O2S2/c22-17-11-14(5-6-18(17)23)19-13-29-21(25-19)26-9-7-16(8-10-26)30(27,28)20-4-2-1-3-15(20)12-24/h1-6,11,13,16H,7-10H2. The lowest BCUT2D eigenvalue weighted by Gasteiger charge is -2.31. The second kappa shape index (κ2) is 8.34. The highest BCUT2D eigenvalue weighted by Gasteiger charge is 2.33. The molecule has 2 heterocycles. The summed E-state index contributed by atoms with van der Waals surface area (Å²) in [5.74, 6) is -0.475. The van der Waals surface area contributed by atoms with Crippen LogP contribution >= 0.6 is 22.9 Å². The van der Waals surface area contributed by atoms with Crippen molar-refractivity contribution in [2.24, 2.45) is 0 Å². The van der Waals surface area contributed by atoms with Gasteiger partial charge in [-0.05, 0) is 43.2 Å². The van der Waals surface area contributed by atoms with Crippen molar-refractivity contribution in [3.05, 3.63) is 64.2 Å². The zero-order valence-electron chi connectivity index (χ0n) is 15.8. The summed E-state index contributed by atoms with van der Waals surface area (Å²) in [7, 11) is -3.57. The molecule has 9 heteroatoms. The lowest BCUT2D eigenvalue weighted by Crippen LogP contribution is -2.39. The molecule has 0 atom stereocenters. The van der Waals surface area contributed by atoms with Gasteiger partial charge in [-0.3, -0.25) is 0 Å². The molecule has 0 saturated carbocycles. The van der Waals surface area contributed by atoms with Crippen LogP contribution in [0.15, 0.2) is 52.7 Å². The predicted octanol–water partition coefficient (Wildman–Crippen LogP) is 4.92. The summed E-state index contributed by atoms with van der Waals surface area (Å²) in [6.07, 6.45) is 0.915. The minimum atomic E-state index is -3.57. The Kier molecular flexibility index (Phi) is 5.78. The summed E-state index contributed by atoms with van der Waals surface area (Å²) in [6.45, 7) is 1.10. The predicted molar refractivity (Wildman–Crippen MR) is 116 cm³/mol. The topological polar surface area (TPSA) is 74.1 Å². The molecule has 1 aromatic heterocycles. The Morgan fingerprint density at radius 3 is 2.63 bits per heavy atom. The second-order valence-corrected chi connectivity index (χ2v) is 10.4. The molecule has 1 fully saturated rings. The molecule has 154 valence electrons. The van der Waals surface area contributed by atoms with Crippen LogP contribution in [0.3, 0.4) is 0 Å². The number of benzene rings is 2. The minimum Gasteiger partial charge on any atom is -0.348 e. The molecule has 0 amide bonds. The van der Waals surface area contributed by atoms with E-state index in [1.54, 1.807) is 24.3 Å². The average Bonchev–Trinajstić information content (AvgIpc) is 3.26. The SMILES string of the molecule is N#Cc1ccccc1S(=O)(=O)C1CCN(c2nc(-c3ccc(F)c(Cl)c3)cs2)CC1. The fourth-order valence-corrected chi connectivity index (χ4v) is 6.49. The Hall–Kier alpha value is -2.47. The van der Waals surface area contributed by atoms with Crippen LogP contribution in [0.2, 0.25) is 5.02 Å². The van der Waals surface area contributed by atoms with Crippen LogP contribution in [-0.2, 0) is 9.84 Å². The van der Waals surface area contributed by atoms with E-state index in [4.69, 9.17) is 11.6 Å². The smallest absolute Gasteiger partial charge is 0.185 e.